The first-order chi connectivity index (χ1) is 13.6. The Kier molecular flexibility index (Phi) is 5.32. The molecular weight excluding hydrogens is 394 g/mol. The average molecular weight is 412 g/mol. The van der Waals surface area contributed by atoms with Gasteiger partial charge in [0, 0.05) is 22.0 Å². The Bertz CT molecular complexity index is 1020. The molecule has 0 aliphatic carbocycles. The number of hydrogen-bond donors (Lipinski definition) is 2. The van der Waals surface area contributed by atoms with Crippen molar-refractivity contribution in [1.82, 2.24) is 5.43 Å². The molecule has 7 heteroatoms. The maximum Gasteiger partial charge on any atom is 0.259 e. The van der Waals surface area contributed by atoms with Crippen molar-refractivity contribution in [2.45, 2.75) is 12.5 Å². The molecule has 5 nitrogen and oxygen atoms in total. The van der Waals surface area contributed by atoms with Crippen molar-refractivity contribution in [2.24, 2.45) is 5.10 Å². The Hall–Kier alpha value is -2.83. The molecule has 2 N–H and O–H groups in total. The van der Waals surface area contributed by atoms with Crippen LogP contribution >= 0.6 is 22.9 Å². The minimum Gasteiger partial charge on any atom is -0.496 e. The number of rotatable bonds is 5. The van der Waals surface area contributed by atoms with Gasteiger partial charge in [0.25, 0.3) is 5.91 Å². The molecule has 3 aromatic rings. The molecule has 142 valence electrons. The second-order valence-electron chi connectivity index (χ2n) is 6.34. The van der Waals surface area contributed by atoms with Crippen molar-refractivity contribution >= 4 is 40.2 Å². The van der Waals surface area contributed by atoms with Gasteiger partial charge in [0.2, 0.25) is 0 Å². The summed E-state index contributed by atoms with van der Waals surface area (Å²) in [5, 5.41) is 9.90. The lowest BCUT2D eigenvalue weighted by atomic mass is 10.0. The van der Waals surface area contributed by atoms with Gasteiger partial charge in [-0.2, -0.15) is 5.10 Å². The van der Waals surface area contributed by atoms with Crippen molar-refractivity contribution < 1.29 is 9.53 Å². The number of carbonyl (C=O) groups excluding carboxylic acids is 1. The summed E-state index contributed by atoms with van der Waals surface area (Å²) in [6.45, 7) is 0. The third kappa shape index (κ3) is 3.88. The summed E-state index contributed by atoms with van der Waals surface area (Å²) in [4.78, 5) is 13.9. The number of thiophene rings is 1. The van der Waals surface area contributed by atoms with Gasteiger partial charge in [-0.25, -0.2) is 0 Å². The number of carbonyl (C=O) groups is 1. The quantitative estimate of drug-likeness (QED) is 0.613. The minimum atomic E-state index is -0.273. The summed E-state index contributed by atoms with van der Waals surface area (Å²) < 4.78 is 5.25. The molecule has 1 aliphatic heterocycles. The Morgan fingerprint density at radius 1 is 1.25 bits per heavy atom. The van der Waals surface area contributed by atoms with Gasteiger partial charge in [0.1, 0.15) is 5.75 Å². The maximum absolute atomic E-state index is 12.6. The van der Waals surface area contributed by atoms with Crippen LogP contribution in [0, 0.1) is 0 Å². The van der Waals surface area contributed by atoms with Crippen LogP contribution in [-0.4, -0.2) is 18.7 Å². The Morgan fingerprint density at radius 3 is 2.79 bits per heavy atom. The molecule has 1 aromatic heterocycles. The van der Waals surface area contributed by atoms with Gasteiger partial charge in [-0.15, -0.1) is 11.3 Å². The van der Waals surface area contributed by atoms with Crippen LogP contribution in [0.3, 0.4) is 0 Å². The van der Waals surface area contributed by atoms with Crippen LogP contribution in [0.25, 0.3) is 0 Å². The number of nitrogens with one attached hydrogen (secondary N) is 2. The average Bonchev–Trinajstić information content (AvgIpc) is 3.40. The molecule has 1 unspecified atom stereocenters. The van der Waals surface area contributed by atoms with E-state index in [1.165, 1.54) is 12.0 Å². The topological polar surface area (TPSA) is 62.7 Å². The lowest BCUT2D eigenvalue weighted by Gasteiger charge is -2.10. The van der Waals surface area contributed by atoms with Crippen LogP contribution in [0.5, 0.6) is 5.75 Å². The molecule has 0 saturated carbocycles. The predicted octanol–water partition coefficient (Wildman–Crippen LogP) is 5.10. The molecule has 0 radical (unpaired) electrons. The predicted molar refractivity (Wildman–Crippen MR) is 114 cm³/mol. The van der Waals surface area contributed by atoms with Gasteiger partial charge >= 0.3 is 0 Å². The molecule has 0 bridgehead atoms. The van der Waals surface area contributed by atoms with Crippen LogP contribution in [0.2, 0.25) is 5.02 Å². The molecule has 28 heavy (non-hydrogen) atoms. The fourth-order valence-electron chi connectivity index (χ4n) is 3.08. The van der Waals surface area contributed by atoms with E-state index in [9.17, 15) is 4.79 Å². The van der Waals surface area contributed by atoms with Gasteiger partial charge < -0.3 is 15.5 Å². The number of hydrogen-bond acceptors (Lipinski definition) is 5. The lowest BCUT2D eigenvalue weighted by molar-refractivity contribution is 0.102. The van der Waals surface area contributed by atoms with E-state index in [0.717, 1.165) is 17.7 Å². The fraction of sp³-hybridized carbons (Fsp3) is 0.143. The van der Waals surface area contributed by atoms with Crippen molar-refractivity contribution in [3.05, 3.63) is 81.0 Å². The summed E-state index contributed by atoms with van der Waals surface area (Å²) in [5.74, 6) is 0.203. The summed E-state index contributed by atoms with van der Waals surface area (Å²) in [6, 6.07) is 17.0. The van der Waals surface area contributed by atoms with Crippen molar-refractivity contribution in [1.29, 1.82) is 0 Å². The summed E-state index contributed by atoms with van der Waals surface area (Å²) in [7, 11) is 1.52. The third-order valence-electron chi connectivity index (χ3n) is 4.52. The smallest absolute Gasteiger partial charge is 0.259 e. The molecule has 0 fully saturated rings. The largest absolute Gasteiger partial charge is 0.496 e. The van der Waals surface area contributed by atoms with E-state index in [4.69, 9.17) is 16.3 Å². The second kappa shape index (κ2) is 8.04. The highest BCUT2D eigenvalue weighted by Gasteiger charge is 2.22. The number of amides is 1. The van der Waals surface area contributed by atoms with E-state index in [1.54, 1.807) is 29.5 Å². The van der Waals surface area contributed by atoms with Crippen LogP contribution < -0.4 is 15.5 Å². The van der Waals surface area contributed by atoms with E-state index in [0.29, 0.717) is 22.0 Å². The fourth-order valence-corrected chi connectivity index (χ4v) is 4.02. The standard InChI is InChI=1S/C21H18ClN3O2S/c1-27-19-9-6-14(22)11-16(19)21(26)23-15-7-4-13(5-8-15)17-12-18(25-24-17)20-3-2-10-28-20/h2-11,18,25H,12H2,1H3,(H,23,26). The van der Waals surface area contributed by atoms with Crippen molar-refractivity contribution in [2.75, 3.05) is 12.4 Å². The molecule has 1 aliphatic rings. The third-order valence-corrected chi connectivity index (χ3v) is 5.74. The minimum absolute atomic E-state index is 0.227. The van der Waals surface area contributed by atoms with E-state index < -0.39 is 0 Å². The Labute approximate surface area is 172 Å². The summed E-state index contributed by atoms with van der Waals surface area (Å²) >= 11 is 7.73. The van der Waals surface area contributed by atoms with Gasteiger partial charge in [-0.1, -0.05) is 29.8 Å². The Morgan fingerprint density at radius 2 is 2.07 bits per heavy atom. The first-order valence-electron chi connectivity index (χ1n) is 8.75. The molecule has 2 aromatic carbocycles. The van der Waals surface area contributed by atoms with Crippen molar-refractivity contribution in [3.63, 3.8) is 0 Å². The number of benzene rings is 2. The number of methoxy groups -OCH3 is 1. The maximum atomic E-state index is 12.6. The summed E-state index contributed by atoms with van der Waals surface area (Å²) in [5.41, 5.74) is 6.32. The van der Waals surface area contributed by atoms with E-state index in [2.05, 4.69) is 27.3 Å². The zero-order chi connectivity index (χ0) is 19.5. The molecule has 0 spiro atoms. The summed E-state index contributed by atoms with van der Waals surface area (Å²) in [6.07, 6.45) is 0.839. The normalized spacial score (nSPS) is 15.6. The van der Waals surface area contributed by atoms with Gasteiger partial charge in [-0.05, 0) is 47.3 Å². The number of halogens is 1. The molecule has 4 rings (SSSR count). The lowest BCUT2D eigenvalue weighted by Crippen LogP contribution is -2.13. The first kappa shape index (κ1) is 18.5. The molecule has 2 heterocycles. The van der Waals surface area contributed by atoms with Crippen LogP contribution in [-0.2, 0) is 0 Å². The Balaban J connectivity index is 1.44. The van der Waals surface area contributed by atoms with Crippen LogP contribution in [0.4, 0.5) is 5.69 Å². The number of nitrogens with zero attached hydrogens (tertiary/aromatic N) is 1. The zero-order valence-corrected chi connectivity index (χ0v) is 16.7. The van der Waals surface area contributed by atoms with Gasteiger partial charge in [-0.3, -0.25) is 4.79 Å². The molecule has 0 saturated heterocycles. The zero-order valence-electron chi connectivity index (χ0n) is 15.1. The highest BCUT2D eigenvalue weighted by atomic mass is 35.5. The molecule has 1 amide bonds. The first-order valence-corrected chi connectivity index (χ1v) is 10.0. The highest BCUT2D eigenvalue weighted by molar-refractivity contribution is 7.10. The SMILES string of the molecule is COc1ccc(Cl)cc1C(=O)Nc1ccc(C2=NNC(c3cccs3)C2)cc1. The van der Waals surface area contributed by atoms with Gasteiger partial charge in [0.05, 0.1) is 24.4 Å². The number of anilines is 1. The molecular formula is C21H18ClN3O2S. The highest BCUT2D eigenvalue weighted by Crippen LogP contribution is 2.28. The monoisotopic (exact) mass is 411 g/mol. The second-order valence-corrected chi connectivity index (χ2v) is 7.75. The van der Waals surface area contributed by atoms with E-state index >= 15 is 0 Å². The number of hydrazone groups is 1. The van der Waals surface area contributed by atoms with Crippen molar-refractivity contribution in [3.8, 4) is 5.75 Å². The van der Waals surface area contributed by atoms with Gasteiger partial charge in [0.15, 0.2) is 0 Å². The number of ether oxygens (including phenoxy) is 1. The van der Waals surface area contributed by atoms with Crippen LogP contribution in [0.1, 0.15) is 33.3 Å². The van der Waals surface area contributed by atoms with E-state index in [-0.39, 0.29) is 11.9 Å². The van der Waals surface area contributed by atoms with Crippen LogP contribution in [0.15, 0.2) is 65.1 Å². The molecule has 1 atom stereocenters. The van der Waals surface area contributed by atoms with E-state index in [1.807, 2.05) is 30.3 Å².